The molecular formula is C22H16N2O3. The summed E-state index contributed by atoms with van der Waals surface area (Å²) < 4.78 is 10.5. The van der Waals surface area contributed by atoms with E-state index in [0.717, 1.165) is 16.9 Å². The number of methoxy groups -OCH3 is 1. The first-order chi connectivity index (χ1) is 13.2. The van der Waals surface area contributed by atoms with Crippen molar-refractivity contribution in [2.24, 2.45) is 0 Å². The van der Waals surface area contributed by atoms with Gasteiger partial charge in [0.15, 0.2) is 0 Å². The highest BCUT2D eigenvalue weighted by molar-refractivity contribution is 5.92. The number of esters is 1. The minimum Gasteiger partial charge on any atom is -0.497 e. The maximum absolute atomic E-state index is 12.2. The van der Waals surface area contributed by atoms with Gasteiger partial charge >= 0.3 is 5.97 Å². The van der Waals surface area contributed by atoms with Gasteiger partial charge in [0, 0.05) is 12.4 Å². The SMILES string of the molecule is COc1ccc(/C(C#N)=C\c2cccc(OC(=O)c3ccncc3)c2)cc1. The molecule has 0 saturated carbocycles. The van der Waals surface area contributed by atoms with E-state index in [9.17, 15) is 10.1 Å². The average Bonchev–Trinajstić information content (AvgIpc) is 2.73. The zero-order valence-corrected chi connectivity index (χ0v) is 14.6. The van der Waals surface area contributed by atoms with Crippen LogP contribution in [0.2, 0.25) is 0 Å². The Morgan fingerprint density at radius 2 is 1.74 bits per heavy atom. The van der Waals surface area contributed by atoms with Crippen molar-refractivity contribution in [1.29, 1.82) is 5.26 Å². The molecule has 0 unspecified atom stereocenters. The highest BCUT2D eigenvalue weighted by Gasteiger charge is 2.08. The van der Waals surface area contributed by atoms with E-state index >= 15 is 0 Å². The van der Waals surface area contributed by atoms with Crippen molar-refractivity contribution >= 4 is 17.6 Å². The molecule has 0 atom stereocenters. The highest BCUT2D eigenvalue weighted by Crippen LogP contribution is 2.23. The number of rotatable bonds is 5. The second-order valence-corrected chi connectivity index (χ2v) is 5.60. The van der Waals surface area contributed by atoms with Crippen molar-refractivity contribution in [2.45, 2.75) is 0 Å². The Hall–Kier alpha value is -3.91. The van der Waals surface area contributed by atoms with Gasteiger partial charge in [-0.1, -0.05) is 12.1 Å². The third kappa shape index (κ3) is 4.59. The summed E-state index contributed by atoms with van der Waals surface area (Å²) in [5, 5.41) is 9.49. The Morgan fingerprint density at radius 1 is 1.00 bits per heavy atom. The normalized spacial score (nSPS) is 10.7. The maximum Gasteiger partial charge on any atom is 0.343 e. The van der Waals surface area contributed by atoms with Gasteiger partial charge in [0.1, 0.15) is 11.5 Å². The second kappa shape index (κ2) is 8.45. The van der Waals surface area contributed by atoms with Crippen LogP contribution in [0, 0.1) is 11.3 Å². The number of hydrogen-bond acceptors (Lipinski definition) is 5. The summed E-state index contributed by atoms with van der Waals surface area (Å²) in [4.78, 5) is 16.0. The third-order valence-electron chi connectivity index (χ3n) is 3.82. The van der Waals surface area contributed by atoms with Gasteiger partial charge in [-0.3, -0.25) is 4.98 Å². The number of nitrogens with zero attached hydrogens (tertiary/aromatic N) is 2. The standard InChI is InChI=1S/C22H16N2O3/c1-26-20-7-5-17(6-8-20)19(15-23)13-16-3-2-4-21(14-16)27-22(25)18-9-11-24-12-10-18/h2-14H,1H3/b19-13-. The summed E-state index contributed by atoms with van der Waals surface area (Å²) in [6.07, 6.45) is 4.80. The molecule has 132 valence electrons. The number of carbonyl (C=O) groups excluding carboxylic acids is 1. The van der Waals surface area contributed by atoms with Crippen LogP contribution in [0.15, 0.2) is 73.1 Å². The van der Waals surface area contributed by atoms with Crippen LogP contribution in [0.3, 0.4) is 0 Å². The van der Waals surface area contributed by atoms with E-state index < -0.39 is 5.97 Å². The summed E-state index contributed by atoms with van der Waals surface area (Å²) in [6.45, 7) is 0. The molecule has 0 aliphatic carbocycles. The van der Waals surface area contributed by atoms with E-state index in [1.165, 1.54) is 12.4 Å². The van der Waals surface area contributed by atoms with Crippen LogP contribution in [0.1, 0.15) is 21.5 Å². The third-order valence-corrected chi connectivity index (χ3v) is 3.82. The molecule has 0 fully saturated rings. The quantitative estimate of drug-likeness (QED) is 0.294. The van der Waals surface area contributed by atoms with Crippen LogP contribution in [-0.2, 0) is 0 Å². The molecule has 5 heteroatoms. The fraction of sp³-hybridized carbons (Fsp3) is 0.0455. The highest BCUT2D eigenvalue weighted by atomic mass is 16.5. The molecule has 0 amide bonds. The molecule has 5 nitrogen and oxygen atoms in total. The molecule has 0 saturated heterocycles. The number of aromatic nitrogens is 1. The first-order valence-corrected chi connectivity index (χ1v) is 8.18. The zero-order chi connectivity index (χ0) is 19.1. The van der Waals surface area contributed by atoms with Crippen molar-refractivity contribution in [2.75, 3.05) is 7.11 Å². The number of pyridine rings is 1. The van der Waals surface area contributed by atoms with Crippen molar-refractivity contribution in [3.63, 3.8) is 0 Å². The summed E-state index contributed by atoms with van der Waals surface area (Å²) in [5.41, 5.74) is 2.44. The topological polar surface area (TPSA) is 72.2 Å². The Morgan fingerprint density at radius 3 is 2.41 bits per heavy atom. The summed E-state index contributed by atoms with van der Waals surface area (Å²) in [6, 6.07) is 19.6. The number of benzene rings is 2. The first kappa shape index (κ1) is 17.9. The minimum atomic E-state index is -0.464. The molecule has 27 heavy (non-hydrogen) atoms. The molecule has 2 aromatic carbocycles. The van der Waals surface area contributed by atoms with Crippen LogP contribution in [0.25, 0.3) is 11.6 Å². The van der Waals surface area contributed by atoms with E-state index in [1.807, 2.05) is 18.2 Å². The van der Waals surface area contributed by atoms with Gasteiger partial charge < -0.3 is 9.47 Å². The fourth-order valence-electron chi connectivity index (χ4n) is 2.44. The Balaban J connectivity index is 1.82. The number of allylic oxidation sites excluding steroid dienone is 1. The summed E-state index contributed by atoms with van der Waals surface area (Å²) in [7, 11) is 1.59. The lowest BCUT2D eigenvalue weighted by Crippen LogP contribution is -2.08. The van der Waals surface area contributed by atoms with Gasteiger partial charge in [0.2, 0.25) is 0 Å². The monoisotopic (exact) mass is 356 g/mol. The maximum atomic E-state index is 12.2. The van der Waals surface area contributed by atoms with Crippen LogP contribution in [0.4, 0.5) is 0 Å². The smallest absolute Gasteiger partial charge is 0.343 e. The lowest BCUT2D eigenvalue weighted by molar-refractivity contribution is 0.0734. The Labute approximate surface area is 157 Å². The van der Waals surface area contributed by atoms with Gasteiger partial charge in [-0.15, -0.1) is 0 Å². The van der Waals surface area contributed by atoms with E-state index in [1.54, 1.807) is 55.7 Å². The van der Waals surface area contributed by atoms with Crippen LogP contribution >= 0.6 is 0 Å². The summed E-state index contributed by atoms with van der Waals surface area (Å²) >= 11 is 0. The fourth-order valence-corrected chi connectivity index (χ4v) is 2.44. The lowest BCUT2D eigenvalue weighted by Gasteiger charge is -2.06. The average molecular weight is 356 g/mol. The van der Waals surface area contributed by atoms with Crippen molar-refractivity contribution < 1.29 is 14.3 Å². The number of carbonyl (C=O) groups is 1. The molecular weight excluding hydrogens is 340 g/mol. The molecule has 1 aromatic heterocycles. The lowest BCUT2D eigenvalue weighted by atomic mass is 10.0. The predicted molar refractivity (Wildman–Crippen MR) is 102 cm³/mol. The van der Waals surface area contributed by atoms with Crippen LogP contribution < -0.4 is 9.47 Å². The molecule has 0 radical (unpaired) electrons. The minimum absolute atomic E-state index is 0.401. The molecule has 0 spiro atoms. The molecule has 3 aromatic rings. The van der Waals surface area contributed by atoms with Crippen molar-refractivity contribution in [3.05, 3.63) is 89.7 Å². The first-order valence-electron chi connectivity index (χ1n) is 8.18. The zero-order valence-electron chi connectivity index (χ0n) is 14.6. The van der Waals surface area contributed by atoms with Gasteiger partial charge in [-0.2, -0.15) is 5.26 Å². The molecule has 0 aliphatic heterocycles. The van der Waals surface area contributed by atoms with E-state index in [0.29, 0.717) is 16.9 Å². The van der Waals surface area contributed by atoms with Gasteiger partial charge in [0.05, 0.1) is 24.3 Å². The predicted octanol–water partition coefficient (Wildman–Crippen LogP) is 4.37. The van der Waals surface area contributed by atoms with E-state index in [-0.39, 0.29) is 0 Å². The Bertz CT molecular complexity index is 1000. The van der Waals surface area contributed by atoms with E-state index in [2.05, 4.69) is 11.1 Å². The van der Waals surface area contributed by atoms with Gasteiger partial charge in [-0.05, 0) is 65.7 Å². The van der Waals surface area contributed by atoms with Crippen LogP contribution in [-0.4, -0.2) is 18.1 Å². The number of ether oxygens (including phenoxy) is 2. The Kier molecular flexibility index (Phi) is 5.60. The molecule has 3 rings (SSSR count). The molecule has 0 N–H and O–H groups in total. The number of hydrogen-bond donors (Lipinski definition) is 0. The van der Waals surface area contributed by atoms with Crippen molar-refractivity contribution in [1.82, 2.24) is 4.98 Å². The summed E-state index contributed by atoms with van der Waals surface area (Å²) in [5.74, 6) is 0.660. The van der Waals surface area contributed by atoms with E-state index in [4.69, 9.17) is 9.47 Å². The van der Waals surface area contributed by atoms with Gasteiger partial charge in [0.25, 0.3) is 0 Å². The molecule has 0 bridgehead atoms. The van der Waals surface area contributed by atoms with Crippen LogP contribution in [0.5, 0.6) is 11.5 Å². The number of nitriles is 1. The molecule has 0 aliphatic rings. The second-order valence-electron chi connectivity index (χ2n) is 5.60. The largest absolute Gasteiger partial charge is 0.497 e. The van der Waals surface area contributed by atoms with Gasteiger partial charge in [-0.25, -0.2) is 4.79 Å². The molecule has 1 heterocycles. The van der Waals surface area contributed by atoms with Crippen molar-refractivity contribution in [3.8, 4) is 17.6 Å².